The standard InChI is InChI=1S/C21H30N4O3/c1-3-22-21(25-14-18(15-26)17-8-5-4-6-9-17)24-12-7-11-23-20(27)19-16(2)10-13-28-19/h4-6,8-10,13,18,26H,3,7,11-12,14-15H2,1-2H3,(H,23,27)(H2,22,24,25). The Balaban J connectivity index is 1.76. The van der Waals surface area contributed by atoms with Crippen LogP contribution in [0.25, 0.3) is 0 Å². The molecule has 0 saturated carbocycles. The van der Waals surface area contributed by atoms with Crippen LogP contribution in [0.5, 0.6) is 0 Å². The highest BCUT2D eigenvalue weighted by molar-refractivity contribution is 5.92. The molecule has 0 aliphatic rings. The lowest BCUT2D eigenvalue weighted by atomic mass is 10.0. The van der Waals surface area contributed by atoms with Gasteiger partial charge in [-0.25, -0.2) is 0 Å². The minimum Gasteiger partial charge on any atom is -0.459 e. The number of nitrogens with one attached hydrogen (secondary N) is 3. The summed E-state index contributed by atoms with van der Waals surface area (Å²) in [5.74, 6) is 0.827. The van der Waals surface area contributed by atoms with Gasteiger partial charge in [-0.2, -0.15) is 0 Å². The summed E-state index contributed by atoms with van der Waals surface area (Å²) in [6.45, 7) is 6.33. The molecule has 7 nitrogen and oxygen atoms in total. The maximum absolute atomic E-state index is 12.0. The van der Waals surface area contributed by atoms with Crippen LogP contribution in [0.15, 0.2) is 52.1 Å². The lowest BCUT2D eigenvalue weighted by molar-refractivity contribution is 0.0925. The Morgan fingerprint density at radius 3 is 2.54 bits per heavy atom. The van der Waals surface area contributed by atoms with Crippen LogP contribution in [0.4, 0.5) is 0 Å². The first-order chi connectivity index (χ1) is 13.7. The number of carbonyl (C=O) groups is 1. The maximum atomic E-state index is 12.0. The summed E-state index contributed by atoms with van der Waals surface area (Å²) >= 11 is 0. The molecule has 0 bridgehead atoms. The van der Waals surface area contributed by atoms with Gasteiger partial charge in [-0.05, 0) is 31.9 Å². The zero-order chi connectivity index (χ0) is 20.2. The van der Waals surface area contributed by atoms with Crippen molar-refractivity contribution in [2.45, 2.75) is 26.2 Å². The molecule has 7 heteroatoms. The number of guanidine groups is 1. The molecule has 1 unspecified atom stereocenters. The molecule has 1 amide bonds. The Bertz CT molecular complexity index is 743. The summed E-state index contributed by atoms with van der Waals surface area (Å²) in [6, 6.07) is 11.7. The lowest BCUT2D eigenvalue weighted by Gasteiger charge is -2.15. The molecule has 28 heavy (non-hydrogen) atoms. The number of aliphatic imine (C=N–C) groups is 1. The van der Waals surface area contributed by atoms with Crippen molar-refractivity contribution in [2.24, 2.45) is 4.99 Å². The van der Waals surface area contributed by atoms with E-state index in [0.717, 1.165) is 24.1 Å². The number of carbonyl (C=O) groups excluding carboxylic acids is 1. The highest BCUT2D eigenvalue weighted by Gasteiger charge is 2.12. The lowest BCUT2D eigenvalue weighted by Crippen LogP contribution is -2.39. The molecule has 4 N–H and O–H groups in total. The van der Waals surface area contributed by atoms with E-state index in [9.17, 15) is 9.90 Å². The van der Waals surface area contributed by atoms with E-state index < -0.39 is 0 Å². The monoisotopic (exact) mass is 386 g/mol. The molecule has 0 saturated heterocycles. The molecule has 0 radical (unpaired) electrons. The van der Waals surface area contributed by atoms with E-state index in [1.54, 1.807) is 6.07 Å². The third-order valence-electron chi connectivity index (χ3n) is 4.31. The fraction of sp³-hybridized carbons (Fsp3) is 0.429. The zero-order valence-electron chi connectivity index (χ0n) is 16.6. The van der Waals surface area contributed by atoms with Crippen LogP contribution in [-0.4, -0.2) is 49.8 Å². The van der Waals surface area contributed by atoms with E-state index in [0.29, 0.717) is 31.4 Å². The van der Waals surface area contributed by atoms with Gasteiger partial charge in [0, 0.05) is 31.1 Å². The highest BCUT2D eigenvalue weighted by Crippen LogP contribution is 2.14. The molecule has 2 rings (SSSR count). The quantitative estimate of drug-likeness (QED) is 0.285. The number of hydrogen-bond donors (Lipinski definition) is 4. The van der Waals surface area contributed by atoms with Gasteiger partial charge in [-0.3, -0.25) is 9.79 Å². The van der Waals surface area contributed by atoms with Gasteiger partial charge in [0.25, 0.3) is 5.91 Å². The van der Waals surface area contributed by atoms with Crippen LogP contribution in [-0.2, 0) is 0 Å². The van der Waals surface area contributed by atoms with E-state index in [1.807, 2.05) is 44.2 Å². The SMILES string of the molecule is CCNC(=NCC(CO)c1ccccc1)NCCCNC(=O)c1occc1C. The Morgan fingerprint density at radius 1 is 1.14 bits per heavy atom. The van der Waals surface area contributed by atoms with E-state index in [2.05, 4.69) is 20.9 Å². The second-order valence-corrected chi connectivity index (χ2v) is 6.48. The number of benzene rings is 1. The van der Waals surface area contributed by atoms with E-state index >= 15 is 0 Å². The van der Waals surface area contributed by atoms with Crippen molar-refractivity contribution in [3.63, 3.8) is 0 Å². The van der Waals surface area contributed by atoms with Crippen LogP contribution >= 0.6 is 0 Å². The van der Waals surface area contributed by atoms with Gasteiger partial charge in [-0.1, -0.05) is 30.3 Å². The fourth-order valence-electron chi connectivity index (χ4n) is 2.72. The van der Waals surface area contributed by atoms with Gasteiger partial charge in [-0.15, -0.1) is 0 Å². The molecule has 0 aliphatic heterocycles. The molecule has 0 aliphatic carbocycles. The summed E-state index contributed by atoms with van der Waals surface area (Å²) in [5, 5.41) is 19.0. The number of aliphatic hydroxyl groups is 1. The van der Waals surface area contributed by atoms with Crippen molar-refractivity contribution < 1.29 is 14.3 Å². The predicted octanol–water partition coefficient (Wildman–Crippen LogP) is 2.04. The van der Waals surface area contributed by atoms with Gasteiger partial charge in [0.05, 0.1) is 19.4 Å². The van der Waals surface area contributed by atoms with E-state index in [4.69, 9.17) is 4.42 Å². The Labute approximate surface area is 166 Å². The topological polar surface area (TPSA) is 98.9 Å². The van der Waals surface area contributed by atoms with Gasteiger partial charge >= 0.3 is 0 Å². The molecule has 0 fully saturated rings. The third-order valence-corrected chi connectivity index (χ3v) is 4.31. The van der Waals surface area contributed by atoms with Crippen LogP contribution in [0.1, 0.15) is 40.9 Å². The molecular formula is C21H30N4O3. The molecule has 1 aromatic heterocycles. The first kappa shape index (κ1) is 21.5. The molecular weight excluding hydrogens is 356 g/mol. The van der Waals surface area contributed by atoms with Crippen molar-refractivity contribution in [3.05, 3.63) is 59.5 Å². The van der Waals surface area contributed by atoms with Crippen molar-refractivity contribution in [3.8, 4) is 0 Å². The number of furan rings is 1. The molecule has 0 spiro atoms. The van der Waals surface area contributed by atoms with Gasteiger partial charge < -0.3 is 25.5 Å². The Hall–Kier alpha value is -2.80. The van der Waals surface area contributed by atoms with Crippen LogP contribution in [0.3, 0.4) is 0 Å². The Kier molecular flexibility index (Phi) is 9.07. The van der Waals surface area contributed by atoms with Crippen molar-refractivity contribution in [1.82, 2.24) is 16.0 Å². The first-order valence-corrected chi connectivity index (χ1v) is 9.66. The average Bonchev–Trinajstić information content (AvgIpc) is 3.14. The van der Waals surface area contributed by atoms with Crippen molar-refractivity contribution in [1.29, 1.82) is 0 Å². The van der Waals surface area contributed by atoms with Gasteiger partial charge in [0.15, 0.2) is 11.7 Å². The molecule has 1 aromatic carbocycles. The van der Waals surface area contributed by atoms with E-state index in [1.165, 1.54) is 6.26 Å². The number of aryl methyl sites for hydroxylation is 1. The summed E-state index contributed by atoms with van der Waals surface area (Å²) < 4.78 is 5.18. The van der Waals surface area contributed by atoms with Gasteiger partial charge in [0.2, 0.25) is 0 Å². The minimum absolute atomic E-state index is 0.0347. The van der Waals surface area contributed by atoms with Crippen molar-refractivity contribution >= 4 is 11.9 Å². The second kappa shape index (κ2) is 11.8. The smallest absolute Gasteiger partial charge is 0.287 e. The molecule has 1 heterocycles. The summed E-state index contributed by atoms with van der Waals surface area (Å²) in [6.07, 6.45) is 2.26. The first-order valence-electron chi connectivity index (χ1n) is 9.66. The predicted molar refractivity (Wildman–Crippen MR) is 111 cm³/mol. The largest absolute Gasteiger partial charge is 0.459 e. The van der Waals surface area contributed by atoms with E-state index in [-0.39, 0.29) is 18.4 Å². The van der Waals surface area contributed by atoms with Crippen LogP contribution in [0.2, 0.25) is 0 Å². The Morgan fingerprint density at radius 2 is 1.89 bits per heavy atom. The number of nitrogens with zero attached hydrogens (tertiary/aromatic N) is 1. The van der Waals surface area contributed by atoms with Crippen molar-refractivity contribution in [2.75, 3.05) is 32.8 Å². The number of aliphatic hydroxyl groups excluding tert-OH is 1. The normalized spacial score (nSPS) is 12.5. The minimum atomic E-state index is -0.197. The fourth-order valence-corrected chi connectivity index (χ4v) is 2.72. The van der Waals surface area contributed by atoms with Crippen LogP contribution in [0, 0.1) is 6.92 Å². The third kappa shape index (κ3) is 6.74. The zero-order valence-corrected chi connectivity index (χ0v) is 16.6. The summed E-state index contributed by atoms with van der Waals surface area (Å²) in [7, 11) is 0. The maximum Gasteiger partial charge on any atom is 0.287 e. The highest BCUT2D eigenvalue weighted by atomic mass is 16.3. The number of hydrogen-bond acceptors (Lipinski definition) is 4. The molecule has 2 aromatic rings. The summed E-state index contributed by atoms with van der Waals surface area (Å²) in [4.78, 5) is 16.6. The number of amides is 1. The van der Waals surface area contributed by atoms with Gasteiger partial charge in [0.1, 0.15) is 0 Å². The number of rotatable bonds is 10. The molecule has 152 valence electrons. The van der Waals surface area contributed by atoms with Crippen LogP contribution < -0.4 is 16.0 Å². The summed E-state index contributed by atoms with van der Waals surface area (Å²) in [5.41, 5.74) is 1.90. The second-order valence-electron chi connectivity index (χ2n) is 6.48. The average molecular weight is 386 g/mol. The molecule has 1 atom stereocenters.